The predicted molar refractivity (Wildman–Crippen MR) is 137 cm³/mol. The molecule has 1 heterocycles. The average Bonchev–Trinajstić information content (AvgIpc) is 3.33. The monoisotopic (exact) mass is 480 g/mol. The molecule has 1 amide bonds. The largest absolute Gasteiger partial charge is 0.457 e. The van der Waals surface area contributed by atoms with Gasteiger partial charge in [0.15, 0.2) is 0 Å². The number of likely N-dealkylation sites (tertiary alicyclic amines) is 1. The summed E-state index contributed by atoms with van der Waals surface area (Å²) in [7, 11) is 1.70. The molecule has 1 unspecified atom stereocenters. The summed E-state index contributed by atoms with van der Waals surface area (Å²) in [5, 5.41) is 12.4. The number of carbonyl (C=O) groups is 1. The van der Waals surface area contributed by atoms with Gasteiger partial charge >= 0.3 is 0 Å². The molecular formula is C29H40N2O4. The lowest BCUT2D eigenvalue weighted by molar-refractivity contribution is -0.141. The van der Waals surface area contributed by atoms with Crippen LogP contribution in [0.3, 0.4) is 0 Å². The first-order chi connectivity index (χ1) is 17.0. The first-order valence-corrected chi connectivity index (χ1v) is 13.1. The van der Waals surface area contributed by atoms with Gasteiger partial charge in [0.2, 0.25) is 5.91 Å². The average molecular weight is 481 g/mol. The van der Waals surface area contributed by atoms with Crippen LogP contribution in [0.5, 0.6) is 11.5 Å². The Labute approximate surface area is 209 Å². The normalized spacial score (nSPS) is 24.2. The van der Waals surface area contributed by atoms with E-state index in [1.54, 1.807) is 7.11 Å². The molecule has 6 heteroatoms. The fraction of sp³-hybridized carbons (Fsp3) is 0.552. The van der Waals surface area contributed by atoms with Gasteiger partial charge in [-0.25, -0.2) is 0 Å². The van der Waals surface area contributed by atoms with Crippen molar-refractivity contribution in [1.29, 1.82) is 0 Å². The van der Waals surface area contributed by atoms with E-state index in [-0.39, 0.29) is 23.8 Å². The van der Waals surface area contributed by atoms with Crippen LogP contribution in [-0.2, 0) is 15.1 Å². The van der Waals surface area contributed by atoms with Crippen LogP contribution >= 0.6 is 0 Å². The van der Waals surface area contributed by atoms with Gasteiger partial charge in [0.1, 0.15) is 11.5 Å². The number of piperidine rings is 1. The van der Waals surface area contributed by atoms with E-state index in [0.29, 0.717) is 25.3 Å². The number of ether oxygens (including phenoxy) is 2. The molecule has 2 aliphatic rings. The summed E-state index contributed by atoms with van der Waals surface area (Å²) < 4.78 is 11.5. The van der Waals surface area contributed by atoms with E-state index < -0.39 is 5.60 Å². The molecule has 0 spiro atoms. The highest BCUT2D eigenvalue weighted by atomic mass is 16.5. The smallest absolute Gasteiger partial charge is 0.225 e. The number of para-hydroxylation sites is 2. The number of methoxy groups -OCH3 is 1. The van der Waals surface area contributed by atoms with Crippen molar-refractivity contribution in [2.45, 2.75) is 63.0 Å². The van der Waals surface area contributed by atoms with Gasteiger partial charge in [0.05, 0.1) is 5.60 Å². The third-order valence-electron chi connectivity index (χ3n) is 7.71. The minimum Gasteiger partial charge on any atom is -0.457 e. The highest BCUT2D eigenvalue weighted by Gasteiger charge is 2.44. The van der Waals surface area contributed by atoms with E-state index in [1.807, 2.05) is 59.5 Å². The number of benzene rings is 2. The highest BCUT2D eigenvalue weighted by Crippen LogP contribution is 2.44. The Bertz CT molecular complexity index is 953. The summed E-state index contributed by atoms with van der Waals surface area (Å²) in [5.41, 5.74) is 5.78. The fourth-order valence-corrected chi connectivity index (χ4v) is 5.79. The van der Waals surface area contributed by atoms with Gasteiger partial charge in [-0.15, -0.1) is 0 Å². The Hall–Kier alpha value is -2.41. The highest BCUT2D eigenvalue weighted by molar-refractivity contribution is 5.79. The fourth-order valence-electron chi connectivity index (χ4n) is 5.79. The SMILES string of the molecule is COCCCC[C@@](O)(c1ccccc1Oc1ccccc1)C1CCCN(C(=O)[C@@H]2CC[C@H](N)C2)C1. The zero-order valence-electron chi connectivity index (χ0n) is 20.9. The zero-order chi connectivity index (χ0) is 24.7. The number of nitrogens with two attached hydrogens (primary N) is 1. The maximum atomic E-state index is 13.3. The predicted octanol–water partition coefficient (Wildman–Crippen LogP) is 4.85. The molecule has 1 saturated heterocycles. The van der Waals surface area contributed by atoms with Gasteiger partial charge < -0.3 is 25.2 Å². The van der Waals surface area contributed by atoms with Gasteiger partial charge in [-0.3, -0.25) is 4.79 Å². The maximum absolute atomic E-state index is 13.3. The third kappa shape index (κ3) is 6.24. The minimum atomic E-state index is -1.11. The molecule has 1 saturated carbocycles. The minimum absolute atomic E-state index is 0.0206. The van der Waals surface area contributed by atoms with Crippen LogP contribution < -0.4 is 10.5 Å². The van der Waals surface area contributed by atoms with Crippen LogP contribution in [0.2, 0.25) is 0 Å². The van der Waals surface area contributed by atoms with Crippen molar-refractivity contribution < 1.29 is 19.4 Å². The lowest BCUT2D eigenvalue weighted by Gasteiger charge is -2.44. The van der Waals surface area contributed by atoms with Crippen molar-refractivity contribution in [1.82, 2.24) is 4.90 Å². The Morgan fingerprint density at radius 2 is 1.86 bits per heavy atom. The zero-order valence-corrected chi connectivity index (χ0v) is 20.9. The molecule has 35 heavy (non-hydrogen) atoms. The summed E-state index contributed by atoms with van der Waals surface area (Å²) in [5.74, 6) is 1.56. The number of rotatable bonds is 10. The van der Waals surface area contributed by atoms with Crippen molar-refractivity contribution in [2.24, 2.45) is 17.6 Å². The number of amides is 1. The number of hydrogen-bond acceptors (Lipinski definition) is 5. The van der Waals surface area contributed by atoms with Gasteiger partial charge in [-0.1, -0.05) is 36.4 Å². The molecule has 0 bridgehead atoms. The Morgan fingerprint density at radius 3 is 2.60 bits per heavy atom. The first kappa shape index (κ1) is 25.7. The van der Waals surface area contributed by atoms with Gasteiger partial charge in [-0.05, 0) is 69.6 Å². The molecule has 0 aromatic heterocycles. The summed E-state index contributed by atoms with van der Waals surface area (Å²) >= 11 is 0. The molecule has 4 atom stereocenters. The number of unbranched alkanes of at least 4 members (excludes halogenated alkanes) is 1. The third-order valence-corrected chi connectivity index (χ3v) is 7.71. The van der Waals surface area contributed by atoms with Crippen molar-refractivity contribution in [2.75, 3.05) is 26.8 Å². The van der Waals surface area contributed by atoms with Crippen LogP contribution in [0.1, 0.15) is 56.9 Å². The lowest BCUT2D eigenvalue weighted by atomic mass is 9.73. The number of nitrogens with zero attached hydrogens (tertiary/aromatic N) is 1. The Morgan fingerprint density at radius 1 is 1.09 bits per heavy atom. The van der Waals surface area contributed by atoms with Crippen molar-refractivity contribution in [3.05, 3.63) is 60.2 Å². The summed E-state index contributed by atoms with van der Waals surface area (Å²) in [6, 6.07) is 17.6. The van der Waals surface area contributed by atoms with Crippen molar-refractivity contribution in [3.63, 3.8) is 0 Å². The van der Waals surface area contributed by atoms with Crippen molar-refractivity contribution >= 4 is 5.91 Å². The quantitative estimate of drug-likeness (QED) is 0.475. The van der Waals surface area contributed by atoms with Crippen LogP contribution in [0.25, 0.3) is 0 Å². The van der Waals surface area contributed by atoms with Crippen molar-refractivity contribution in [3.8, 4) is 11.5 Å². The molecule has 4 rings (SSSR count). The van der Waals surface area contributed by atoms with E-state index in [4.69, 9.17) is 15.2 Å². The van der Waals surface area contributed by atoms with Crippen LogP contribution in [0.4, 0.5) is 0 Å². The molecule has 190 valence electrons. The maximum Gasteiger partial charge on any atom is 0.225 e. The molecule has 0 radical (unpaired) electrons. The standard InChI is InChI=1S/C29H40N2O4/c1-34-19-8-7-17-29(33,26-13-5-6-14-27(26)35-25-11-3-2-4-12-25)23-10-9-18-31(21-23)28(32)22-15-16-24(30)20-22/h2-6,11-14,22-24,33H,7-10,15-21,30H2,1H3/t22-,23?,24+,29+/m1/s1. The molecule has 2 aromatic rings. The van der Waals surface area contributed by atoms with Crippen LogP contribution in [0, 0.1) is 11.8 Å². The van der Waals surface area contributed by atoms with Crippen LogP contribution in [-0.4, -0.2) is 48.8 Å². The summed E-state index contributed by atoms with van der Waals surface area (Å²) in [4.78, 5) is 15.3. The molecule has 2 aromatic carbocycles. The molecule has 1 aliphatic carbocycles. The van der Waals surface area contributed by atoms with E-state index >= 15 is 0 Å². The summed E-state index contributed by atoms with van der Waals surface area (Å²) in [6.07, 6.45) is 6.60. The number of carbonyl (C=O) groups excluding carboxylic acids is 1. The van der Waals surface area contributed by atoms with Gasteiger partial charge in [0, 0.05) is 50.2 Å². The second-order valence-electron chi connectivity index (χ2n) is 10.2. The van der Waals surface area contributed by atoms with Crippen LogP contribution in [0.15, 0.2) is 54.6 Å². The topological polar surface area (TPSA) is 85.0 Å². The summed E-state index contributed by atoms with van der Waals surface area (Å²) in [6.45, 7) is 1.98. The van der Waals surface area contributed by atoms with E-state index in [9.17, 15) is 9.90 Å². The Kier molecular flexibility index (Phi) is 8.82. The second kappa shape index (κ2) is 12.0. The number of aliphatic hydroxyl groups is 1. The molecule has 2 fully saturated rings. The Balaban J connectivity index is 1.59. The molecular weight excluding hydrogens is 440 g/mol. The van der Waals surface area contributed by atoms with Gasteiger partial charge in [-0.2, -0.15) is 0 Å². The van der Waals surface area contributed by atoms with E-state index in [0.717, 1.165) is 62.8 Å². The molecule has 3 N–H and O–H groups in total. The second-order valence-corrected chi connectivity index (χ2v) is 10.2. The lowest BCUT2D eigenvalue weighted by Crippen LogP contribution is -2.49. The molecule has 1 aliphatic heterocycles. The van der Waals surface area contributed by atoms with Gasteiger partial charge in [0.25, 0.3) is 0 Å². The first-order valence-electron chi connectivity index (χ1n) is 13.1. The van der Waals surface area contributed by atoms with E-state index in [2.05, 4.69) is 0 Å². The van der Waals surface area contributed by atoms with E-state index in [1.165, 1.54) is 0 Å². The molecule has 6 nitrogen and oxygen atoms in total. The number of hydrogen-bond donors (Lipinski definition) is 2.